The molecule has 4 aromatic carbocycles. The summed E-state index contributed by atoms with van der Waals surface area (Å²) in [5.41, 5.74) is 1.26. The van der Waals surface area contributed by atoms with Crippen molar-refractivity contribution in [1.29, 1.82) is 0 Å². The molecule has 0 bridgehead atoms. The fraction of sp³-hybridized carbons (Fsp3) is 0.207. The number of aryl methyl sites for hydroxylation is 1. The highest BCUT2D eigenvalue weighted by atomic mass is 16.3. The summed E-state index contributed by atoms with van der Waals surface area (Å²) in [6.45, 7) is 2.85. The summed E-state index contributed by atoms with van der Waals surface area (Å²) >= 11 is 0. The van der Waals surface area contributed by atoms with Crippen LogP contribution in [0.25, 0.3) is 54.4 Å². The Labute approximate surface area is 188 Å². The lowest BCUT2D eigenvalue weighted by Crippen LogP contribution is -2.11. The minimum Gasteiger partial charge on any atom is -0.456 e. The maximum atomic E-state index is 9.22. The molecule has 0 N–H and O–H groups in total. The van der Waals surface area contributed by atoms with E-state index in [1.165, 1.54) is 6.20 Å². The Morgan fingerprint density at radius 2 is 1.58 bits per heavy atom. The van der Waals surface area contributed by atoms with Gasteiger partial charge in [-0.25, -0.2) is 0 Å². The van der Waals surface area contributed by atoms with Crippen LogP contribution in [0.3, 0.4) is 0 Å². The summed E-state index contributed by atoms with van der Waals surface area (Å²) in [5, 5.41) is 5.96. The van der Waals surface area contributed by atoms with E-state index in [4.69, 9.17) is 8.53 Å². The Hall–Kier alpha value is -3.39. The monoisotopic (exact) mass is 408 g/mol. The van der Waals surface area contributed by atoms with E-state index in [2.05, 4.69) is 11.1 Å². The highest BCUT2D eigenvalue weighted by Gasteiger charge is 2.20. The molecular weight excluding hydrogens is 378 g/mol. The zero-order chi connectivity index (χ0) is 25.6. The number of benzene rings is 4. The number of nitrogens with zero attached hydrogens (tertiary/aromatic N) is 1. The average Bonchev–Trinajstić information content (AvgIpc) is 3.18. The summed E-state index contributed by atoms with van der Waals surface area (Å²) < 4.78 is 49.4. The third-order valence-electron chi connectivity index (χ3n) is 5.84. The molecule has 2 heteroatoms. The summed E-state index contributed by atoms with van der Waals surface area (Å²) in [7, 11) is 0. The van der Waals surface area contributed by atoms with Crippen LogP contribution in [0.5, 0.6) is 0 Å². The summed E-state index contributed by atoms with van der Waals surface area (Å²) in [4.78, 5) is 4.65. The number of rotatable bonds is 1. The molecule has 0 spiro atoms. The van der Waals surface area contributed by atoms with Gasteiger partial charge in [0.05, 0.1) is 5.52 Å². The lowest BCUT2D eigenvalue weighted by molar-refractivity contribution is 0.412. The number of pyridine rings is 1. The van der Waals surface area contributed by atoms with E-state index in [1.54, 1.807) is 20.8 Å². The molecule has 0 aliphatic rings. The van der Waals surface area contributed by atoms with E-state index in [9.17, 15) is 2.74 Å². The number of furan rings is 1. The van der Waals surface area contributed by atoms with Gasteiger partial charge in [0.2, 0.25) is 0 Å². The van der Waals surface area contributed by atoms with E-state index >= 15 is 0 Å². The van der Waals surface area contributed by atoms with E-state index in [0.717, 1.165) is 37.9 Å². The molecule has 0 radical (unpaired) electrons. The quantitative estimate of drug-likeness (QED) is 0.256. The van der Waals surface area contributed by atoms with E-state index in [-0.39, 0.29) is 11.1 Å². The Bertz CT molecular complexity index is 1840. The average molecular weight is 409 g/mol. The Kier molecular flexibility index (Phi) is 2.81. The molecule has 0 aliphatic heterocycles. The molecule has 0 saturated heterocycles. The maximum Gasteiger partial charge on any atom is 0.136 e. The summed E-state index contributed by atoms with van der Waals surface area (Å²) in [6.07, 6.45) is -0.623. The van der Waals surface area contributed by atoms with Crippen LogP contribution in [0.15, 0.2) is 71.3 Å². The molecule has 0 saturated carbocycles. The molecule has 31 heavy (non-hydrogen) atoms. The van der Waals surface area contributed by atoms with Gasteiger partial charge in [-0.2, -0.15) is 0 Å². The molecule has 2 nitrogen and oxygen atoms in total. The van der Waals surface area contributed by atoms with Gasteiger partial charge < -0.3 is 4.42 Å². The highest BCUT2D eigenvalue weighted by Crippen LogP contribution is 2.41. The van der Waals surface area contributed by atoms with Crippen molar-refractivity contribution in [2.75, 3.05) is 0 Å². The van der Waals surface area contributed by atoms with Crippen LogP contribution in [-0.2, 0) is 6.37 Å². The van der Waals surface area contributed by atoms with Crippen LogP contribution in [0.2, 0.25) is 0 Å². The number of aromatic nitrogens is 1. The highest BCUT2D eigenvalue weighted by molar-refractivity contribution is 6.28. The third kappa shape index (κ3) is 2.75. The largest absolute Gasteiger partial charge is 0.456 e. The van der Waals surface area contributed by atoms with Crippen LogP contribution in [0.4, 0.5) is 0 Å². The van der Waals surface area contributed by atoms with Crippen molar-refractivity contribution in [3.63, 3.8) is 0 Å². The van der Waals surface area contributed by atoms with Gasteiger partial charge in [0.25, 0.3) is 0 Å². The lowest BCUT2D eigenvalue weighted by Gasteiger charge is -2.22. The van der Waals surface area contributed by atoms with Crippen LogP contribution in [0, 0.1) is 12.3 Å². The van der Waals surface area contributed by atoms with Crippen molar-refractivity contribution >= 4 is 54.4 Å². The molecule has 0 unspecified atom stereocenters. The maximum absolute atomic E-state index is 9.22. The van der Waals surface area contributed by atoms with Gasteiger partial charge in [0.1, 0.15) is 11.2 Å². The second-order valence-corrected chi connectivity index (χ2v) is 9.18. The Morgan fingerprint density at radius 1 is 0.839 bits per heavy atom. The smallest absolute Gasteiger partial charge is 0.136 e. The first kappa shape index (κ1) is 13.8. The van der Waals surface area contributed by atoms with Crippen LogP contribution in [-0.4, -0.2) is 4.98 Å². The number of para-hydroxylation sites is 1. The predicted octanol–water partition coefficient (Wildman–Crippen LogP) is 8.34. The van der Waals surface area contributed by atoms with Gasteiger partial charge in [-0.15, -0.1) is 0 Å². The van der Waals surface area contributed by atoms with Gasteiger partial charge in [-0.05, 0) is 64.1 Å². The van der Waals surface area contributed by atoms with Crippen LogP contribution in [0.1, 0.15) is 38.8 Å². The molecular formula is C29H25NO. The zero-order valence-electron chi connectivity index (χ0n) is 22.7. The van der Waals surface area contributed by atoms with Crippen molar-refractivity contribution in [3.05, 3.63) is 78.0 Å². The van der Waals surface area contributed by atoms with Crippen molar-refractivity contribution in [2.45, 2.75) is 34.0 Å². The van der Waals surface area contributed by atoms with Crippen LogP contribution < -0.4 is 0 Å². The lowest BCUT2D eigenvalue weighted by atomic mass is 9.83. The van der Waals surface area contributed by atoms with Gasteiger partial charge in [0.15, 0.2) is 0 Å². The van der Waals surface area contributed by atoms with Gasteiger partial charge >= 0.3 is 0 Å². The number of fused-ring (bicyclic) bond motifs is 9. The summed E-state index contributed by atoms with van der Waals surface area (Å²) in [5.74, 6) is 0. The second-order valence-electron chi connectivity index (χ2n) is 9.18. The second kappa shape index (κ2) is 6.31. The first-order valence-electron chi connectivity index (χ1n) is 13.0. The first-order valence-corrected chi connectivity index (χ1v) is 10.5. The molecule has 6 rings (SSSR count). The fourth-order valence-corrected chi connectivity index (χ4v) is 4.61. The van der Waals surface area contributed by atoms with E-state index < -0.39 is 18.6 Å². The fourth-order valence-electron chi connectivity index (χ4n) is 4.61. The molecule has 0 atom stereocenters. The number of hydrogen-bond donors (Lipinski definition) is 0. The molecule has 6 aromatic rings. The SMILES string of the molecule is [2H]C([2H])([2H])c1cnc2c3ccccc3c3cc4c(cc3c2c1C([2H])([2H])C(C)(C)C)oc1ccccc14. The van der Waals surface area contributed by atoms with Crippen LogP contribution >= 0.6 is 0 Å². The molecule has 0 aliphatic carbocycles. The minimum absolute atomic E-state index is 0.0591. The van der Waals surface area contributed by atoms with Crippen molar-refractivity contribution in [3.8, 4) is 0 Å². The Morgan fingerprint density at radius 3 is 2.35 bits per heavy atom. The molecule has 0 fully saturated rings. The third-order valence-corrected chi connectivity index (χ3v) is 5.84. The van der Waals surface area contributed by atoms with Crippen molar-refractivity contribution in [2.24, 2.45) is 5.41 Å². The molecule has 2 heterocycles. The van der Waals surface area contributed by atoms with Gasteiger partial charge in [0, 0.05) is 34.6 Å². The zero-order valence-corrected chi connectivity index (χ0v) is 17.7. The molecule has 0 amide bonds. The molecule has 2 aromatic heterocycles. The minimum atomic E-state index is -2.53. The Balaban J connectivity index is 1.94. The summed E-state index contributed by atoms with van der Waals surface area (Å²) in [6, 6.07) is 19.7. The van der Waals surface area contributed by atoms with Crippen molar-refractivity contribution < 1.29 is 11.3 Å². The van der Waals surface area contributed by atoms with E-state index in [1.807, 2.05) is 54.6 Å². The predicted molar refractivity (Wildman–Crippen MR) is 132 cm³/mol. The van der Waals surface area contributed by atoms with E-state index in [0.29, 0.717) is 16.5 Å². The molecule has 152 valence electrons. The standard InChI is InChI=1S/C29H25NO/c1-17-16-30-28-20-11-6-5-9-18(20)21-13-22-19-10-7-8-12-25(19)31-26(22)14-23(21)27(28)24(17)15-29(2,3)4/h5-14,16H,15H2,1-4H3/i1D3,15D2. The normalized spacial score (nSPS) is 15.9. The van der Waals surface area contributed by atoms with Crippen molar-refractivity contribution in [1.82, 2.24) is 4.98 Å². The number of hydrogen-bond acceptors (Lipinski definition) is 2. The van der Waals surface area contributed by atoms with Gasteiger partial charge in [-0.3, -0.25) is 4.98 Å². The van der Waals surface area contributed by atoms with Gasteiger partial charge in [-0.1, -0.05) is 63.2 Å². The topological polar surface area (TPSA) is 26.0 Å². The first-order chi connectivity index (χ1) is 16.9.